The normalized spacial score (nSPS) is 11.9. The molecule has 0 bridgehead atoms. The predicted octanol–water partition coefficient (Wildman–Crippen LogP) is 1.53. The first-order valence-electron chi connectivity index (χ1n) is 4.98. The molecule has 1 aromatic heterocycles. The van der Waals surface area contributed by atoms with E-state index < -0.39 is 10.0 Å². The van der Waals surface area contributed by atoms with E-state index in [0.717, 1.165) is 12.2 Å². The standard InChI is InChI=1S/C9H15BrN2O3S2/c1-16-4-2-3-12-17(13,14)8-5-7(6-11)15-9(8)10/h5,12H,2-4,6,11H2,1H3. The molecule has 0 aromatic carbocycles. The molecule has 0 aliphatic rings. The van der Waals surface area contributed by atoms with Crippen molar-refractivity contribution < 1.29 is 12.8 Å². The Hall–Kier alpha value is -0.0200. The summed E-state index contributed by atoms with van der Waals surface area (Å²) in [6.45, 7) is 0.583. The van der Waals surface area contributed by atoms with Gasteiger partial charge in [-0.25, -0.2) is 13.1 Å². The van der Waals surface area contributed by atoms with Crippen LogP contribution in [0.1, 0.15) is 12.2 Å². The smallest absolute Gasteiger partial charge is 0.244 e. The van der Waals surface area contributed by atoms with Crippen LogP contribution in [0.25, 0.3) is 0 Å². The average Bonchev–Trinajstić information content (AvgIpc) is 2.67. The van der Waals surface area contributed by atoms with Gasteiger partial charge in [-0.1, -0.05) is 0 Å². The third kappa shape index (κ3) is 4.29. The number of furan rings is 1. The Labute approximate surface area is 114 Å². The Kier molecular flexibility index (Phi) is 6.01. The quantitative estimate of drug-likeness (QED) is 0.734. The van der Waals surface area contributed by atoms with E-state index in [-0.39, 0.29) is 16.1 Å². The monoisotopic (exact) mass is 342 g/mol. The van der Waals surface area contributed by atoms with Crippen LogP contribution < -0.4 is 10.5 Å². The highest BCUT2D eigenvalue weighted by atomic mass is 79.9. The molecule has 0 fully saturated rings. The molecular formula is C9H15BrN2O3S2. The van der Waals surface area contributed by atoms with Crippen molar-refractivity contribution in [1.29, 1.82) is 0 Å². The number of halogens is 1. The van der Waals surface area contributed by atoms with Crippen LogP contribution in [-0.2, 0) is 16.6 Å². The van der Waals surface area contributed by atoms with Crippen LogP contribution in [-0.4, -0.2) is 27.0 Å². The van der Waals surface area contributed by atoms with Gasteiger partial charge in [0.05, 0.1) is 6.54 Å². The molecule has 0 aliphatic heterocycles. The van der Waals surface area contributed by atoms with E-state index in [1.54, 1.807) is 11.8 Å². The van der Waals surface area contributed by atoms with Crippen molar-refractivity contribution in [2.45, 2.75) is 17.9 Å². The van der Waals surface area contributed by atoms with E-state index in [2.05, 4.69) is 20.7 Å². The Bertz CT molecular complexity index is 459. The fraction of sp³-hybridized carbons (Fsp3) is 0.556. The number of sulfonamides is 1. The second-order valence-corrected chi connectivity index (χ2v) is 6.74. The van der Waals surface area contributed by atoms with Crippen LogP contribution in [0.15, 0.2) is 20.0 Å². The number of nitrogens with two attached hydrogens (primary N) is 1. The van der Waals surface area contributed by atoms with Crippen molar-refractivity contribution in [1.82, 2.24) is 4.72 Å². The van der Waals surface area contributed by atoms with Crippen molar-refractivity contribution >= 4 is 37.7 Å². The summed E-state index contributed by atoms with van der Waals surface area (Å²) in [5.41, 5.74) is 5.38. The van der Waals surface area contributed by atoms with Crippen LogP contribution in [0.4, 0.5) is 0 Å². The maximum atomic E-state index is 11.9. The minimum Gasteiger partial charge on any atom is -0.452 e. The number of nitrogens with one attached hydrogen (secondary N) is 1. The lowest BCUT2D eigenvalue weighted by atomic mass is 10.5. The second kappa shape index (κ2) is 6.79. The van der Waals surface area contributed by atoms with Gasteiger partial charge in [-0.05, 0) is 34.4 Å². The van der Waals surface area contributed by atoms with E-state index in [4.69, 9.17) is 10.2 Å². The van der Waals surface area contributed by atoms with Gasteiger partial charge in [0.15, 0.2) is 4.67 Å². The Balaban J connectivity index is 2.72. The SMILES string of the molecule is CSCCCNS(=O)(=O)c1cc(CN)oc1Br. The Morgan fingerprint density at radius 2 is 2.29 bits per heavy atom. The molecule has 1 heterocycles. The van der Waals surface area contributed by atoms with E-state index in [0.29, 0.717) is 12.3 Å². The third-order valence-electron chi connectivity index (χ3n) is 2.01. The van der Waals surface area contributed by atoms with Gasteiger partial charge in [0.25, 0.3) is 0 Å². The summed E-state index contributed by atoms with van der Waals surface area (Å²) < 4.78 is 31.6. The number of rotatable bonds is 7. The molecule has 3 N–H and O–H groups in total. The molecule has 0 aliphatic carbocycles. The van der Waals surface area contributed by atoms with Gasteiger partial charge in [0.2, 0.25) is 10.0 Å². The van der Waals surface area contributed by atoms with Crippen LogP contribution in [0.3, 0.4) is 0 Å². The first-order chi connectivity index (χ1) is 8.01. The lowest BCUT2D eigenvalue weighted by molar-refractivity contribution is 0.483. The van der Waals surface area contributed by atoms with Crippen molar-refractivity contribution in [2.75, 3.05) is 18.6 Å². The summed E-state index contributed by atoms with van der Waals surface area (Å²) in [4.78, 5) is 0.0992. The summed E-state index contributed by atoms with van der Waals surface area (Å²) >= 11 is 4.75. The van der Waals surface area contributed by atoms with E-state index in [1.165, 1.54) is 6.07 Å². The molecule has 17 heavy (non-hydrogen) atoms. The largest absolute Gasteiger partial charge is 0.452 e. The minimum absolute atomic E-state index is 0.0992. The van der Waals surface area contributed by atoms with Crippen molar-refractivity contribution in [3.63, 3.8) is 0 Å². The van der Waals surface area contributed by atoms with Gasteiger partial charge in [0.1, 0.15) is 10.7 Å². The third-order valence-corrected chi connectivity index (χ3v) is 5.03. The summed E-state index contributed by atoms with van der Waals surface area (Å²) in [6, 6.07) is 1.43. The van der Waals surface area contributed by atoms with Crippen LogP contribution in [0.2, 0.25) is 0 Å². The van der Waals surface area contributed by atoms with Gasteiger partial charge in [-0.2, -0.15) is 11.8 Å². The molecule has 0 saturated heterocycles. The zero-order valence-corrected chi connectivity index (χ0v) is 12.6. The molecule has 1 rings (SSSR count). The highest BCUT2D eigenvalue weighted by Gasteiger charge is 2.21. The van der Waals surface area contributed by atoms with Crippen LogP contribution in [0, 0.1) is 0 Å². The zero-order valence-electron chi connectivity index (χ0n) is 9.40. The zero-order chi connectivity index (χ0) is 12.9. The molecule has 5 nitrogen and oxygen atoms in total. The molecule has 0 amide bonds. The molecule has 98 valence electrons. The highest BCUT2D eigenvalue weighted by Crippen LogP contribution is 2.25. The van der Waals surface area contributed by atoms with E-state index in [9.17, 15) is 8.42 Å². The van der Waals surface area contributed by atoms with Gasteiger partial charge < -0.3 is 10.2 Å². The molecule has 1 aromatic rings. The number of hydrogen-bond acceptors (Lipinski definition) is 5. The average molecular weight is 343 g/mol. The Morgan fingerprint density at radius 1 is 1.59 bits per heavy atom. The first kappa shape index (κ1) is 15.0. The summed E-state index contributed by atoms with van der Waals surface area (Å²) in [7, 11) is -3.52. The maximum absolute atomic E-state index is 11.9. The topological polar surface area (TPSA) is 85.3 Å². The summed E-state index contributed by atoms with van der Waals surface area (Å²) in [6.07, 6.45) is 2.77. The lowest BCUT2D eigenvalue weighted by Crippen LogP contribution is -2.25. The molecule has 0 saturated carbocycles. The van der Waals surface area contributed by atoms with Gasteiger partial charge in [-0.3, -0.25) is 0 Å². The Morgan fingerprint density at radius 3 is 2.82 bits per heavy atom. The predicted molar refractivity (Wildman–Crippen MR) is 72.5 cm³/mol. The van der Waals surface area contributed by atoms with E-state index in [1.807, 2.05) is 6.26 Å². The molecule has 0 spiro atoms. The van der Waals surface area contributed by atoms with Gasteiger partial charge in [0, 0.05) is 12.6 Å². The number of hydrogen-bond donors (Lipinski definition) is 2. The summed E-state index contributed by atoms with van der Waals surface area (Å²) in [5, 5.41) is 0. The summed E-state index contributed by atoms with van der Waals surface area (Å²) in [5.74, 6) is 1.35. The van der Waals surface area contributed by atoms with Gasteiger partial charge >= 0.3 is 0 Å². The second-order valence-electron chi connectivity index (χ2n) is 3.30. The van der Waals surface area contributed by atoms with Crippen molar-refractivity contribution in [3.05, 3.63) is 16.5 Å². The van der Waals surface area contributed by atoms with Crippen molar-refractivity contribution in [3.8, 4) is 0 Å². The molecule has 8 heteroatoms. The highest BCUT2D eigenvalue weighted by molar-refractivity contribution is 9.10. The number of thioether (sulfide) groups is 1. The lowest BCUT2D eigenvalue weighted by Gasteiger charge is -2.03. The molecular weight excluding hydrogens is 328 g/mol. The molecule has 0 unspecified atom stereocenters. The van der Waals surface area contributed by atoms with Crippen molar-refractivity contribution in [2.24, 2.45) is 5.73 Å². The van der Waals surface area contributed by atoms with Crippen LogP contribution >= 0.6 is 27.7 Å². The minimum atomic E-state index is -3.52. The fourth-order valence-electron chi connectivity index (χ4n) is 1.18. The fourth-order valence-corrected chi connectivity index (χ4v) is 3.69. The molecule has 0 atom stereocenters. The first-order valence-corrected chi connectivity index (χ1v) is 8.65. The van der Waals surface area contributed by atoms with E-state index >= 15 is 0 Å². The maximum Gasteiger partial charge on any atom is 0.244 e. The van der Waals surface area contributed by atoms with Crippen LogP contribution in [0.5, 0.6) is 0 Å². The van der Waals surface area contributed by atoms with Gasteiger partial charge in [-0.15, -0.1) is 0 Å². The molecule has 0 radical (unpaired) electrons.